The molecule has 3 heterocycles. The van der Waals surface area contributed by atoms with Crippen molar-refractivity contribution in [1.29, 1.82) is 10.5 Å². The van der Waals surface area contributed by atoms with Gasteiger partial charge in [0, 0.05) is 13.1 Å². The number of aromatic nitrogens is 5. The SMILES string of the molecule is CN(C)CCn1c(N)c(-c2nc3ccccc3[nH]2)c2nc(C#N)c(C#N)nc21. The summed E-state index contributed by atoms with van der Waals surface area (Å²) in [5, 5.41) is 18.7. The largest absolute Gasteiger partial charge is 0.384 e. The maximum Gasteiger partial charge on any atom is 0.179 e. The van der Waals surface area contributed by atoms with Crippen LogP contribution in [-0.4, -0.2) is 50.0 Å². The molecule has 3 aromatic heterocycles. The van der Waals surface area contributed by atoms with Crippen molar-refractivity contribution in [3.63, 3.8) is 0 Å². The normalized spacial score (nSPS) is 11.2. The molecule has 0 atom stereocenters. The van der Waals surface area contributed by atoms with E-state index >= 15 is 0 Å². The van der Waals surface area contributed by atoms with Crippen LogP contribution >= 0.6 is 0 Å². The molecule has 0 aliphatic heterocycles. The van der Waals surface area contributed by atoms with Gasteiger partial charge in [-0.05, 0) is 26.2 Å². The second kappa shape index (κ2) is 6.65. The molecule has 28 heavy (non-hydrogen) atoms. The zero-order chi connectivity index (χ0) is 19.8. The van der Waals surface area contributed by atoms with E-state index in [1.165, 1.54) is 0 Å². The topological polar surface area (TPSA) is 136 Å². The number of imidazole rings is 1. The molecule has 9 nitrogen and oxygen atoms in total. The van der Waals surface area contributed by atoms with Crippen LogP contribution in [0.3, 0.4) is 0 Å². The highest BCUT2D eigenvalue weighted by molar-refractivity contribution is 5.98. The van der Waals surface area contributed by atoms with Crippen molar-refractivity contribution in [2.24, 2.45) is 0 Å². The monoisotopic (exact) mass is 371 g/mol. The third-order valence-corrected chi connectivity index (χ3v) is 4.53. The summed E-state index contributed by atoms with van der Waals surface area (Å²) in [7, 11) is 3.92. The number of H-pyrrole nitrogens is 1. The minimum absolute atomic E-state index is 0.0187. The number of rotatable bonds is 4. The number of nitrogens with one attached hydrogen (secondary N) is 1. The van der Waals surface area contributed by atoms with E-state index in [9.17, 15) is 10.5 Å². The first-order valence-corrected chi connectivity index (χ1v) is 8.63. The van der Waals surface area contributed by atoms with Crippen LogP contribution in [0.5, 0.6) is 0 Å². The molecule has 0 bridgehead atoms. The molecule has 0 unspecified atom stereocenters. The number of likely N-dealkylation sites (N-methyl/N-ethyl adjacent to an activating group) is 1. The van der Waals surface area contributed by atoms with Gasteiger partial charge in [-0.15, -0.1) is 0 Å². The molecule has 0 aliphatic carbocycles. The summed E-state index contributed by atoms with van der Waals surface area (Å²) >= 11 is 0. The van der Waals surface area contributed by atoms with Gasteiger partial charge >= 0.3 is 0 Å². The van der Waals surface area contributed by atoms with Crippen LogP contribution in [0.2, 0.25) is 0 Å². The average molecular weight is 371 g/mol. The fourth-order valence-corrected chi connectivity index (χ4v) is 3.14. The number of hydrogen-bond donors (Lipinski definition) is 2. The Morgan fingerprint density at radius 2 is 1.82 bits per heavy atom. The quantitative estimate of drug-likeness (QED) is 0.558. The molecular formula is C19H17N9. The Kier molecular flexibility index (Phi) is 4.15. The van der Waals surface area contributed by atoms with Gasteiger partial charge in [-0.1, -0.05) is 12.1 Å². The Labute approximate surface area is 160 Å². The maximum atomic E-state index is 9.37. The van der Waals surface area contributed by atoms with Crippen molar-refractivity contribution < 1.29 is 0 Å². The number of nitrogens with two attached hydrogens (primary N) is 1. The van der Waals surface area contributed by atoms with Crippen LogP contribution < -0.4 is 5.73 Å². The Hall–Kier alpha value is -3.95. The van der Waals surface area contributed by atoms with E-state index < -0.39 is 0 Å². The van der Waals surface area contributed by atoms with E-state index in [0.717, 1.165) is 17.6 Å². The van der Waals surface area contributed by atoms with Crippen molar-refractivity contribution in [3.05, 3.63) is 35.7 Å². The van der Waals surface area contributed by atoms with Gasteiger partial charge in [0.1, 0.15) is 29.3 Å². The van der Waals surface area contributed by atoms with Crippen LogP contribution in [0.25, 0.3) is 33.6 Å². The molecule has 4 rings (SSSR count). The molecular weight excluding hydrogens is 354 g/mol. The molecule has 0 fully saturated rings. The van der Waals surface area contributed by atoms with E-state index in [1.807, 2.05) is 60.0 Å². The lowest BCUT2D eigenvalue weighted by Crippen LogP contribution is -2.19. The van der Waals surface area contributed by atoms with Crippen molar-refractivity contribution in [2.75, 3.05) is 26.4 Å². The highest BCUT2D eigenvalue weighted by atomic mass is 15.2. The first kappa shape index (κ1) is 17.5. The second-order valence-electron chi connectivity index (χ2n) is 6.63. The number of fused-ring (bicyclic) bond motifs is 2. The lowest BCUT2D eigenvalue weighted by Gasteiger charge is -2.12. The van der Waals surface area contributed by atoms with Crippen molar-refractivity contribution >= 4 is 28.0 Å². The van der Waals surface area contributed by atoms with Crippen LogP contribution in [0.1, 0.15) is 11.4 Å². The summed E-state index contributed by atoms with van der Waals surface area (Å²) in [6.07, 6.45) is 0. The molecule has 4 aromatic rings. The lowest BCUT2D eigenvalue weighted by atomic mass is 10.2. The third-order valence-electron chi connectivity index (χ3n) is 4.53. The van der Waals surface area contributed by atoms with E-state index in [1.54, 1.807) is 0 Å². The van der Waals surface area contributed by atoms with Crippen molar-refractivity contribution in [2.45, 2.75) is 6.54 Å². The Morgan fingerprint density at radius 3 is 2.50 bits per heavy atom. The summed E-state index contributed by atoms with van der Waals surface area (Å²) < 4.78 is 1.81. The standard InChI is InChI=1S/C19H17N9/c1-27(2)7-8-28-17(22)15(18-24-11-5-3-4-6-12(11)25-18)16-19(28)26-14(10-21)13(9-20)23-16/h3-6H,7-8,22H2,1-2H3,(H,24,25). The van der Waals surface area contributed by atoms with Crippen LogP contribution in [0, 0.1) is 22.7 Å². The first-order chi connectivity index (χ1) is 13.5. The molecule has 0 spiro atoms. The molecule has 1 aromatic carbocycles. The van der Waals surface area contributed by atoms with Gasteiger partial charge in [-0.3, -0.25) is 0 Å². The molecule has 138 valence electrons. The zero-order valence-corrected chi connectivity index (χ0v) is 15.4. The number of nitriles is 2. The minimum Gasteiger partial charge on any atom is -0.384 e. The van der Waals surface area contributed by atoms with Gasteiger partial charge in [-0.25, -0.2) is 15.0 Å². The van der Waals surface area contributed by atoms with Crippen molar-refractivity contribution in [1.82, 2.24) is 29.4 Å². The van der Waals surface area contributed by atoms with Crippen LogP contribution in [0.15, 0.2) is 24.3 Å². The number of para-hydroxylation sites is 2. The van der Waals surface area contributed by atoms with Gasteiger partial charge in [0.05, 0.1) is 16.6 Å². The molecule has 0 radical (unpaired) electrons. The number of nitrogens with zero attached hydrogens (tertiary/aromatic N) is 7. The van der Waals surface area contributed by atoms with E-state index in [-0.39, 0.29) is 11.4 Å². The predicted octanol–water partition coefficient (Wildman–Crippen LogP) is 1.86. The van der Waals surface area contributed by atoms with Gasteiger partial charge < -0.3 is 20.2 Å². The molecule has 9 heteroatoms. The Bertz CT molecular complexity index is 1250. The average Bonchev–Trinajstić information content (AvgIpc) is 3.22. The third kappa shape index (κ3) is 2.71. The fourth-order valence-electron chi connectivity index (χ4n) is 3.14. The highest BCUT2D eigenvalue weighted by Crippen LogP contribution is 2.35. The Balaban J connectivity index is 2.03. The summed E-state index contributed by atoms with van der Waals surface area (Å²) in [6, 6.07) is 11.5. The van der Waals surface area contributed by atoms with E-state index in [4.69, 9.17) is 5.73 Å². The number of aromatic amines is 1. The number of benzene rings is 1. The Morgan fingerprint density at radius 1 is 1.11 bits per heavy atom. The van der Waals surface area contributed by atoms with E-state index in [0.29, 0.717) is 34.9 Å². The molecule has 0 aliphatic rings. The maximum absolute atomic E-state index is 9.37. The van der Waals surface area contributed by atoms with Gasteiger partial charge in [0.25, 0.3) is 0 Å². The summed E-state index contributed by atoms with van der Waals surface area (Å²) in [4.78, 5) is 18.7. The van der Waals surface area contributed by atoms with E-state index in [2.05, 4.69) is 19.9 Å². The van der Waals surface area contributed by atoms with Crippen LogP contribution in [0.4, 0.5) is 5.82 Å². The number of nitrogen functional groups attached to an aromatic ring is 1. The van der Waals surface area contributed by atoms with Gasteiger partial charge in [0.15, 0.2) is 17.0 Å². The first-order valence-electron chi connectivity index (χ1n) is 8.63. The molecule has 0 saturated carbocycles. The highest BCUT2D eigenvalue weighted by Gasteiger charge is 2.23. The number of anilines is 1. The summed E-state index contributed by atoms with van der Waals surface area (Å²) in [5.74, 6) is 0.991. The molecule has 0 amide bonds. The predicted molar refractivity (Wildman–Crippen MR) is 105 cm³/mol. The number of hydrogen-bond acceptors (Lipinski definition) is 7. The fraction of sp³-hybridized carbons (Fsp3) is 0.211. The molecule has 3 N–H and O–H groups in total. The zero-order valence-electron chi connectivity index (χ0n) is 15.4. The second-order valence-corrected chi connectivity index (χ2v) is 6.63. The lowest BCUT2D eigenvalue weighted by molar-refractivity contribution is 0.387. The molecule has 0 saturated heterocycles. The summed E-state index contributed by atoms with van der Waals surface area (Å²) in [6.45, 7) is 1.28. The minimum atomic E-state index is -0.0304. The van der Waals surface area contributed by atoms with Crippen molar-refractivity contribution in [3.8, 4) is 23.5 Å². The summed E-state index contributed by atoms with van der Waals surface area (Å²) in [5.41, 5.74) is 9.59. The van der Waals surface area contributed by atoms with Gasteiger partial charge in [0.2, 0.25) is 0 Å². The van der Waals surface area contributed by atoms with Gasteiger partial charge in [-0.2, -0.15) is 10.5 Å². The smallest absolute Gasteiger partial charge is 0.179 e. The van der Waals surface area contributed by atoms with Crippen LogP contribution in [-0.2, 0) is 6.54 Å².